The van der Waals surface area contributed by atoms with Crippen molar-refractivity contribution in [1.29, 1.82) is 0 Å². The molecule has 0 N–H and O–H groups in total. The van der Waals surface area contributed by atoms with Crippen LogP contribution >= 0.6 is 11.6 Å². The molecule has 0 amide bonds. The van der Waals surface area contributed by atoms with Crippen molar-refractivity contribution in [3.05, 3.63) is 64.1 Å². The maximum Gasteiger partial charge on any atom is 0.165 e. The number of rotatable bonds is 3. The minimum absolute atomic E-state index is 0.253. The van der Waals surface area contributed by atoms with Crippen LogP contribution in [-0.4, -0.2) is 43.8 Å². The van der Waals surface area contributed by atoms with Crippen LogP contribution in [0.3, 0.4) is 0 Å². The summed E-state index contributed by atoms with van der Waals surface area (Å²) in [5.74, 6) is 2.50. The summed E-state index contributed by atoms with van der Waals surface area (Å²) in [6.07, 6.45) is 4.28. The Balaban J connectivity index is 1.30. The zero-order valence-corrected chi connectivity index (χ0v) is 18.9. The van der Waals surface area contributed by atoms with E-state index in [1.807, 2.05) is 13.0 Å². The third kappa shape index (κ3) is 3.57. The molecule has 2 fully saturated rings. The summed E-state index contributed by atoms with van der Waals surface area (Å²) in [6, 6.07) is 10.00. The van der Waals surface area contributed by atoms with Gasteiger partial charge in [0.05, 0.1) is 12.2 Å². The highest BCUT2D eigenvalue weighted by Gasteiger charge is 2.35. The molecular formula is C24H26ClFN6. The molecule has 2 aromatic heterocycles. The van der Waals surface area contributed by atoms with Crippen molar-refractivity contribution in [2.45, 2.75) is 57.7 Å². The van der Waals surface area contributed by atoms with Gasteiger partial charge in [-0.2, -0.15) is 0 Å². The Bertz CT molecular complexity index is 1170. The van der Waals surface area contributed by atoms with Crippen LogP contribution in [0.15, 0.2) is 30.3 Å². The van der Waals surface area contributed by atoms with Gasteiger partial charge in [-0.25, -0.2) is 9.37 Å². The fraction of sp³-hybridized carbons (Fsp3) is 0.458. The second kappa shape index (κ2) is 7.81. The summed E-state index contributed by atoms with van der Waals surface area (Å²) in [5.41, 5.74) is 3.20. The van der Waals surface area contributed by atoms with E-state index in [0.717, 1.165) is 67.1 Å². The first kappa shape index (κ1) is 20.1. The quantitative estimate of drug-likeness (QED) is 0.580. The molecule has 0 spiro atoms. The van der Waals surface area contributed by atoms with Crippen molar-refractivity contribution in [3.63, 3.8) is 0 Å². The molecule has 0 unspecified atom stereocenters. The minimum atomic E-state index is -0.253. The van der Waals surface area contributed by atoms with Gasteiger partial charge in [0.1, 0.15) is 5.82 Å². The first-order chi connectivity index (χ1) is 15.6. The Morgan fingerprint density at radius 1 is 1.00 bits per heavy atom. The standard InChI is InChI=1S/C24H26ClFN6/c1-15-2-6-20(26)24(27-15)30-10-8-16(9-11-30)23-29-28-22-14-31(19-4-5-19)13-17-12-18(25)3-7-21(17)32(22)23/h2-3,6-7,12,16,19H,4-5,8-11,13-14H2,1H3. The Morgan fingerprint density at radius 3 is 2.59 bits per heavy atom. The van der Waals surface area contributed by atoms with Gasteiger partial charge in [0, 0.05) is 42.3 Å². The molecule has 3 aliphatic rings. The molecule has 4 heterocycles. The minimum Gasteiger partial charge on any atom is -0.354 e. The summed E-state index contributed by atoms with van der Waals surface area (Å²) in [4.78, 5) is 8.99. The molecule has 1 saturated carbocycles. The van der Waals surface area contributed by atoms with Gasteiger partial charge in [-0.1, -0.05) is 11.6 Å². The van der Waals surface area contributed by atoms with Gasteiger partial charge in [0.2, 0.25) is 0 Å². The highest BCUT2D eigenvalue weighted by molar-refractivity contribution is 6.30. The third-order valence-corrected chi connectivity index (χ3v) is 7.18. The van der Waals surface area contributed by atoms with Gasteiger partial charge in [-0.05, 0) is 68.5 Å². The van der Waals surface area contributed by atoms with E-state index in [4.69, 9.17) is 11.6 Å². The van der Waals surface area contributed by atoms with E-state index >= 15 is 0 Å². The van der Waals surface area contributed by atoms with Crippen LogP contribution in [0, 0.1) is 12.7 Å². The molecule has 166 valence electrons. The van der Waals surface area contributed by atoms with Crippen LogP contribution in [0.25, 0.3) is 5.69 Å². The van der Waals surface area contributed by atoms with Gasteiger partial charge < -0.3 is 4.90 Å². The Morgan fingerprint density at radius 2 is 1.81 bits per heavy atom. The molecule has 1 saturated heterocycles. The summed E-state index contributed by atoms with van der Waals surface area (Å²) >= 11 is 6.36. The van der Waals surface area contributed by atoms with E-state index < -0.39 is 0 Å². The molecule has 0 atom stereocenters. The molecule has 6 rings (SSSR count). The fourth-order valence-corrected chi connectivity index (χ4v) is 5.30. The van der Waals surface area contributed by atoms with E-state index in [1.165, 1.54) is 24.5 Å². The predicted octanol–water partition coefficient (Wildman–Crippen LogP) is 4.63. The SMILES string of the molecule is Cc1ccc(F)c(N2CCC(c3nnc4n3-c3ccc(Cl)cc3CN(C3CC3)C4)CC2)n1. The first-order valence-corrected chi connectivity index (χ1v) is 11.8. The lowest BCUT2D eigenvalue weighted by atomic mass is 9.95. The molecule has 8 heteroatoms. The number of fused-ring (bicyclic) bond motifs is 3. The topological polar surface area (TPSA) is 50.1 Å². The van der Waals surface area contributed by atoms with Crippen LogP contribution in [0.2, 0.25) is 5.02 Å². The average Bonchev–Trinajstić information content (AvgIpc) is 3.58. The number of aryl methyl sites for hydroxylation is 1. The maximum atomic E-state index is 14.4. The summed E-state index contributed by atoms with van der Waals surface area (Å²) in [7, 11) is 0. The number of aromatic nitrogens is 4. The molecule has 0 bridgehead atoms. The van der Waals surface area contributed by atoms with Gasteiger partial charge >= 0.3 is 0 Å². The normalized spacial score (nSPS) is 19.5. The Kier molecular flexibility index (Phi) is 4.91. The van der Waals surface area contributed by atoms with Crippen molar-refractivity contribution in [2.75, 3.05) is 18.0 Å². The molecule has 1 aromatic carbocycles. The molecule has 0 radical (unpaired) electrons. The number of hydrogen-bond acceptors (Lipinski definition) is 5. The van der Waals surface area contributed by atoms with Crippen molar-refractivity contribution in [1.82, 2.24) is 24.6 Å². The van der Waals surface area contributed by atoms with Gasteiger partial charge in [-0.15, -0.1) is 10.2 Å². The van der Waals surface area contributed by atoms with Crippen molar-refractivity contribution in [3.8, 4) is 5.69 Å². The van der Waals surface area contributed by atoms with Crippen LogP contribution in [0.4, 0.5) is 10.2 Å². The lowest BCUT2D eigenvalue weighted by Crippen LogP contribution is -2.35. The van der Waals surface area contributed by atoms with Crippen molar-refractivity contribution < 1.29 is 4.39 Å². The third-order valence-electron chi connectivity index (χ3n) is 6.95. The van der Waals surface area contributed by atoms with E-state index in [-0.39, 0.29) is 11.7 Å². The van der Waals surface area contributed by atoms with E-state index in [1.54, 1.807) is 6.07 Å². The number of halogens is 2. The first-order valence-electron chi connectivity index (χ1n) is 11.4. The summed E-state index contributed by atoms with van der Waals surface area (Å²) in [6.45, 7) is 5.10. The summed E-state index contributed by atoms with van der Waals surface area (Å²) in [5, 5.41) is 10.1. The number of nitrogens with zero attached hydrogens (tertiary/aromatic N) is 6. The smallest absolute Gasteiger partial charge is 0.165 e. The number of piperidine rings is 1. The molecule has 2 aliphatic heterocycles. The molecule has 3 aromatic rings. The van der Waals surface area contributed by atoms with Crippen LogP contribution in [-0.2, 0) is 13.1 Å². The van der Waals surface area contributed by atoms with Gasteiger partial charge in [0.25, 0.3) is 0 Å². The van der Waals surface area contributed by atoms with E-state index in [9.17, 15) is 4.39 Å². The Hall–Kier alpha value is -2.51. The maximum absolute atomic E-state index is 14.4. The van der Waals surface area contributed by atoms with E-state index in [2.05, 4.69) is 41.7 Å². The highest BCUT2D eigenvalue weighted by Crippen LogP contribution is 2.37. The highest BCUT2D eigenvalue weighted by atomic mass is 35.5. The van der Waals surface area contributed by atoms with Crippen LogP contribution < -0.4 is 4.90 Å². The number of benzene rings is 1. The Labute approximate surface area is 192 Å². The second-order valence-electron chi connectivity index (χ2n) is 9.24. The average molecular weight is 453 g/mol. The van der Waals surface area contributed by atoms with Crippen LogP contribution in [0.5, 0.6) is 0 Å². The van der Waals surface area contributed by atoms with Gasteiger partial charge in [-0.3, -0.25) is 9.47 Å². The molecule has 6 nitrogen and oxygen atoms in total. The number of hydrogen-bond donors (Lipinski definition) is 0. The largest absolute Gasteiger partial charge is 0.354 e. The molecule has 1 aliphatic carbocycles. The number of pyridine rings is 1. The van der Waals surface area contributed by atoms with Gasteiger partial charge in [0.15, 0.2) is 17.5 Å². The van der Waals surface area contributed by atoms with Crippen molar-refractivity contribution >= 4 is 17.4 Å². The summed E-state index contributed by atoms with van der Waals surface area (Å²) < 4.78 is 16.6. The number of anilines is 1. The lowest BCUT2D eigenvalue weighted by molar-refractivity contribution is 0.243. The van der Waals surface area contributed by atoms with Crippen LogP contribution in [0.1, 0.15) is 54.5 Å². The zero-order valence-electron chi connectivity index (χ0n) is 18.1. The second-order valence-corrected chi connectivity index (χ2v) is 9.67. The lowest BCUT2D eigenvalue weighted by Gasteiger charge is -2.32. The van der Waals surface area contributed by atoms with E-state index in [0.29, 0.717) is 11.9 Å². The monoisotopic (exact) mass is 452 g/mol. The predicted molar refractivity (Wildman–Crippen MR) is 122 cm³/mol. The zero-order chi connectivity index (χ0) is 21.8. The fourth-order valence-electron chi connectivity index (χ4n) is 5.11. The molecular weight excluding hydrogens is 427 g/mol. The molecule has 32 heavy (non-hydrogen) atoms. The van der Waals surface area contributed by atoms with Crippen molar-refractivity contribution in [2.24, 2.45) is 0 Å².